The van der Waals surface area contributed by atoms with E-state index in [1.807, 2.05) is 6.92 Å². The Morgan fingerprint density at radius 3 is 2.61 bits per heavy atom. The molecule has 2 N–H and O–H groups in total. The van der Waals surface area contributed by atoms with Gasteiger partial charge in [-0.1, -0.05) is 6.92 Å². The number of hydrogen-bond acceptors (Lipinski definition) is 7. The fourth-order valence-electron chi connectivity index (χ4n) is 1.44. The van der Waals surface area contributed by atoms with Gasteiger partial charge in [0.15, 0.2) is 5.82 Å². The molecular formula is C11H14N6O. The molecule has 2 aromatic heterocycles. The number of anilines is 1. The van der Waals surface area contributed by atoms with Gasteiger partial charge in [0.25, 0.3) is 0 Å². The topological polar surface area (TPSA) is 99.7 Å². The zero-order valence-corrected chi connectivity index (χ0v) is 10.3. The van der Waals surface area contributed by atoms with Crippen LogP contribution in [-0.2, 0) is 6.42 Å². The SMILES string of the molecule is CCCc1nc(N)nc(-c2ccc(OC)nn2)n1. The van der Waals surface area contributed by atoms with Gasteiger partial charge in [-0.15, -0.1) is 10.2 Å². The Balaban J connectivity index is 2.36. The molecular weight excluding hydrogens is 232 g/mol. The molecule has 0 aliphatic heterocycles. The van der Waals surface area contributed by atoms with E-state index in [9.17, 15) is 0 Å². The van der Waals surface area contributed by atoms with Crippen LogP contribution in [0.2, 0.25) is 0 Å². The Morgan fingerprint density at radius 1 is 1.17 bits per heavy atom. The van der Waals surface area contributed by atoms with Gasteiger partial charge in [0.05, 0.1) is 7.11 Å². The summed E-state index contributed by atoms with van der Waals surface area (Å²) < 4.78 is 4.94. The van der Waals surface area contributed by atoms with Crippen molar-refractivity contribution in [2.24, 2.45) is 0 Å². The lowest BCUT2D eigenvalue weighted by molar-refractivity contribution is 0.392. The minimum absolute atomic E-state index is 0.195. The second kappa shape index (κ2) is 5.35. The van der Waals surface area contributed by atoms with Crippen molar-refractivity contribution in [3.63, 3.8) is 0 Å². The molecule has 18 heavy (non-hydrogen) atoms. The fourth-order valence-corrected chi connectivity index (χ4v) is 1.44. The molecule has 0 saturated carbocycles. The van der Waals surface area contributed by atoms with E-state index in [4.69, 9.17) is 10.5 Å². The molecule has 0 radical (unpaired) electrons. The summed E-state index contributed by atoms with van der Waals surface area (Å²) in [6, 6.07) is 3.43. The second-order valence-electron chi connectivity index (χ2n) is 3.64. The molecule has 2 rings (SSSR count). The van der Waals surface area contributed by atoms with Crippen LogP contribution in [-0.4, -0.2) is 32.3 Å². The number of nitrogens with zero attached hydrogens (tertiary/aromatic N) is 5. The standard InChI is InChI=1S/C11H14N6O/c1-3-4-8-13-10(15-11(12)14-8)7-5-6-9(18-2)17-16-7/h5-6H,3-4H2,1-2H3,(H2,12,13,14,15). The Morgan fingerprint density at radius 2 is 2.00 bits per heavy atom. The van der Waals surface area contributed by atoms with Gasteiger partial charge in [0.1, 0.15) is 11.5 Å². The maximum absolute atomic E-state index is 5.65. The summed E-state index contributed by atoms with van der Waals surface area (Å²) in [6.45, 7) is 2.05. The van der Waals surface area contributed by atoms with Crippen LogP contribution in [0, 0.1) is 0 Å². The number of aromatic nitrogens is 5. The Bertz CT molecular complexity index is 528. The van der Waals surface area contributed by atoms with E-state index in [2.05, 4.69) is 25.1 Å². The molecule has 0 unspecified atom stereocenters. The average molecular weight is 246 g/mol. The lowest BCUT2D eigenvalue weighted by Gasteiger charge is -2.03. The maximum atomic E-state index is 5.65. The van der Waals surface area contributed by atoms with E-state index in [1.165, 1.54) is 7.11 Å². The quantitative estimate of drug-likeness (QED) is 0.854. The van der Waals surface area contributed by atoms with Crippen LogP contribution in [0.1, 0.15) is 19.2 Å². The Hall–Kier alpha value is -2.31. The van der Waals surface area contributed by atoms with Crippen LogP contribution in [0.4, 0.5) is 5.95 Å². The van der Waals surface area contributed by atoms with Crippen molar-refractivity contribution in [2.45, 2.75) is 19.8 Å². The van der Waals surface area contributed by atoms with Gasteiger partial charge >= 0.3 is 0 Å². The summed E-state index contributed by atoms with van der Waals surface area (Å²) in [6.07, 6.45) is 1.69. The summed E-state index contributed by atoms with van der Waals surface area (Å²) in [5.41, 5.74) is 6.19. The summed E-state index contributed by atoms with van der Waals surface area (Å²) in [4.78, 5) is 12.4. The third kappa shape index (κ3) is 2.68. The summed E-state index contributed by atoms with van der Waals surface area (Å²) in [5, 5.41) is 7.84. The molecule has 0 aromatic carbocycles. The Labute approximate surface area is 104 Å². The number of ether oxygens (including phenoxy) is 1. The Kier molecular flexibility index (Phi) is 3.61. The van der Waals surface area contributed by atoms with E-state index in [0.717, 1.165) is 12.8 Å². The van der Waals surface area contributed by atoms with Crippen molar-refractivity contribution in [1.29, 1.82) is 0 Å². The predicted octanol–water partition coefficient (Wildman–Crippen LogP) is 0.872. The van der Waals surface area contributed by atoms with E-state index < -0.39 is 0 Å². The molecule has 0 bridgehead atoms. The van der Waals surface area contributed by atoms with Gasteiger partial charge in [0.2, 0.25) is 11.8 Å². The van der Waals surface area contributed by atoms with Crippen LogP contribution in [0.3, 0.4) is 0 Å². The molecule has 2 aromatic rings. The second-order valence-corrected chi connectivity index (χ2v) is 3.64. The molecule has 0 aliphatic rings. The average Bonchev–Trinajstić information content (AvgIpc) is 2.38. The van der Waals surface area contributed by atoms with Crippen LogP contribution in [0.25, 0.3) is 11.5 Å². The third-order valence-corrected chi connectivity index (χ3v) is 2.25. The van der Waals surface area contributed by atoms with Crippen molar-refractivity contribution in [2.75, 3.05) is 12.8 Å². The van der Waals surface area contributed by atoms with Gasteiger partial charge in [-0.2, -0.15) is 9.97 Å². The number of methoxy groups -OCH3 is 1. The molecule has 0 aliphatic carbocycles. The van der Waals surface area contributed by atoms with E-state index in [-0.39, 0.29) is 5.95 Å². The van der Waals surface area contributed by atoms with Gasteiger partial charge in [-0.25, -0.2) is 4.98 Å². The minimum atomic E-state index is 0.195. The highest BCUT2D eigenvalue weighted by Gasteiger charge is 2.08. The van der Waals surface area contributed by atoms with E-state index >= 15 is 0 Å². The van der Waals surface area contributed by atoms with Crippen molar-refractivity contribution >= 4 is 5.95 Å². The van der Waals surface area contributed by atoms with Crippen molar-refractivity contribution < 1.29 is 4.74 Å². The van der Waals surface area contributed by atoms with E-state index in [1.54, 1.807) is 12.1 Å². The highest BCUT2D eigenvalue weighted by atomic mass is 16.5. The third-order valence-electron chi connectivity index (χ3n) is 2.25. The highest BCUT2D eigenvalue weighted by molar-refractivity contribution is 5.49. The normalized spacial score (nSPS) is 10.3. The van der Waals surface area contributed by atoms with Crippen molar-refractivity contribution in [3.05, 3.63) is 18.0 Å². The molecule has 0 atom stereocenters. The summed E-state index contributed by atoms with van der Waals surface area (Å²) in [7, 11) is 1.53. The van der Waals surface area contributed by atoms with Gasteiger partial charge < -0.3 is 10.5 Å². The first kappa shape index (κ1) is 12.2. The maximum Gasteiger partial charge on any atom is 0.233 e. The molecule has 0 saturated heterocycles. The number of hydrogen-bond donors (Lipinski definition) is 1. The van der Waals surface area contributed by atoms with Crippen LogP contribution in [0.5, 0.6) is 5.88 Å². The first-order chi connectivity index (χ1) is 8.72. The van der Waals surface area contributed by atoms with Crippen molar-refractivity contribution in [1.82, 2.24) is 25.1 Å². The lowest BCUT2D eigenvalue weighted by atomic mass is 10.3. The number of nitrogens with two attached hydrogens (primary N) is 1. The van der Waals surface area contributed by atoms with E-state index in [0.29, 0.717) is 23.2 Å². The number of nitrogen functional groups attached to an aromatic ring is 1. The molecule has 94 valence electrons. The molecule has 0 fully saturated rings. The highest BCUT2D eigenvalue weighted by Crippen LogP contribution is 2.14. The first-order valence-electron chi connectivity index (χ1n) is 5.61. The van der Waals surface area contributed by atoms with Gasteiger partial charge in [0, 0.05) is 12.5 Å². The van der Waals surface area contributed by atoms with Gasteiger partial charge in [-0.3, -0.25) is 0 Å². The lowest BCUT2D eigenvalue weighted by Crippen LogP contribution is -2.06. The summed E-state index contributed by atoms with van der Waals surface area (Å²) >= 11 is 0. The van der Waals surface area contributed by atoms with Crippen molar-refractivity contribution in [3.8, 4) is 17.4 Å². The fraction of sp³-hybridized carbons (Fsp3) is 0.364. The van der Waals surface area contributed by atoms with Crippen LogP contribution >= 0.6 is 0 Å². The molecule has 2 heterocycles. The number of rotatable bonds is 4. The first-order valence-corrected chi connectivity index (χ1v) is 5.61. The molecule has 7 heteroatoms. The number of aryl methyl sites for hydroxylation is 1. The van der Waals surface area contributed by atoms with Crippen LogP contribution < -0.4 is 10.5 Å². The van der Waals surface area contributed by atoms with Gasteiger partial charge in [-0.05, 0) is 12.5 Å². The summed E-state index contributed by atoms with van der Waals surface area (Å²) in [5.74, 6) is 1.73. The van der Waals surface area contributed by atoms with Crippen LogP contribution in [0.15, 0.2) is 12.1 Å². The largest absolute Gasteiger partial charge is 0.480 e. The zero-order valence-electron chi connectivity index (χ0n) is 10.3. The molecule has 0 amide bonds. The predicted molar refractivity (Wildman–Crippen MR) is 65.8 cm³/mol. The zero-order chi connectivity index (χ0) is 13.0. The molecule has 7 nitrogen and oxygen atoms in total. The minimum Gasteiger partial charge on any atom is -0.480 e. The monoisotopic (exact) mass is 246 g/mol. The molecule has 0 spiro atoms. The smallest absolute Gasteiger partial charge is 0.233 e.